The molecule has 25 heavy (non-hydrogen) atoms. The fraction of sp³-hybridized carbons (Fsp3) is 0.263. The first kappa shape index (κ1) is 19.1. The Morgan fingerprint density at radius 3 is 2.36 bits per heavy atom. The van der Waals surface area contributed by atoms with E-state index in [-0.39, 0.29) is 8.81 Å². The minimum atomic E-state index is -0.407. The Hall–Kier alpha value is -2.23. The van der Waals surface area contributed by atoms with E-state index >= 15 is 0 Å². The Morgan fingerprint density at radius 2 is 1.68 bits per heavy atom. The van der Waals surface area contributed by atoms with Crippen LogP contribution in [0.5, 0.6) is 11.5 Å². The molecular weight excluding hydrogens is 339 g/mol. The van der Waals surface area contributed by atoms with Crippen LogP contribution >= 0.6 is 8.81 Å². The normalized spacial score (nSPS) is 10.8. The number of carbonyl (C=O) groups excluding carboxylic acids is 2. The average molecular weight is 360 g/mol. The van der Waals surface area contributed by atoms with Gasteiger partial charge < -0.3 is 14.0 Å². The highest BCUT2D eigenvalue weighted by molar-refractivity contribution is 7.42. The second-order valence-electron chi connectivity index (χ2n) is 5.38. The van der Waals surface area contributed by atoms with Crippen LogP contribution in [0.25, 0.3) is 0 Å². The Labute approximate surface area is 149 Å². The highest BCUT2D eigenvalue weighted by Crippen LogP contribution is 2.25. The highest BCUT2D eigenvalue weighted by Gasteiger charge is 2.10. The standard InChI is InChI=1S/C19H21O5P/c1-14(20)23-17-10-11-18(24-15(2)21)19(13-17)25-22-12-6-9-16-7-4-3-5-8-16/h3-5,7-8,10-11,13,25H,6,9,12H2,1-2H3. The van der Waals surface area contributed by atoms with Gasteiger partial charge in [-0.25, -0.2) is 0 Å². The molecule has 0 spiro atoms. The van der Waals surface area contributed by atoms with Crippen LogP contribution in [0, 0.1) is 0 Å². The molecule has 132 valence electrons. The molecule has 0 bridgehead atoms. The molecule has 0 aliphatic rings. The number of hydrogen-bond acceptors (Lipinski definition) is 5. The van der Waals surface area contributed by atoms with Crippen LogP contribution in [0.2, 0.25) is 0 Å². The number of carbonyl (C=O) groups is 2. The maximum atomic E-state index is 11.2. The maximum Gasteiger partial charge on any atom is 0.308 e. The molecule has 0 aliphatic carbocycles. The van der Waals surface area contributed by atoms with Gasteiger partial charge in [0.05, 0.1) is 6.61 Å². The van der Waals surface area contributed by atoms with Gasteiger partial charge >= 0.3 is 11.9 Å². The van der Waals surface area contributed by atoms with Crippen LogP contribution in [0.15, 0.2) is 48.5 Å². The van der Waals surface area contributed by atoms with Gasteiger partial charge in [0.1, 0.15) is 11.5 Å². The van der Waals surface area contributed by atoms with Crippen LogP contribution in [0.3, 0.4) is 0 Å². The summed E-state index contributed by atoms with van der Waals surface area (Å²) in [6.07, 6.45) is 1.83. The number of aryl methyl sites for hydroxylation is 1. The summed E-state index contributed by atoms with van der Waals surface area (Å²) in [5, 5.41) is 0.689. The monoisotopic (exact) mass is 360 g/mol. The summed E-state index contributed by atoms with van der Waals surface area (Å²) in [7, 11) is -0.00517. The van der Waals surface area contributed by atoms with Crippen molar-refractivity contribution in [2.75, 3.05) is 6.61 Å². The summed E-state index contributed by atoms with van der Waals surface area (Å²) in [6, 6.07) is 15.1. The predicted octanol–water partition coefficient (Wildman–Crippen LogP) is 3.41. The van der Waals surface area contributed by atoms with Gasteiger partial charge in [-0.2, -0.15) is 0 Å². The second-order valence-corrected chi connectivity index (χ2v) is 6.42. The third kappa shape index (κ3) is 7.04. The van der Waals surface area contributed by atoms with E-state index in [9.17, 15) is 9.59 Å². The molecule has 0 N–H and O–H groups in total. The molecule has 0 amide bonds. The molecule has 0 aliphatic heterocycles. The lowest BCUT2D eigenvalue weighted by atomic mass is 10.1. The van der Waals surface area contributed by atoms with Crippen molar-refractivity contribution in [3.05, 3.63) is 54.1 Å². The summed E-state index contributed by atoms with van der Waals surface area (Å²) in [5.74, 6) is 0.0113. The fourth-order valence-corrected chi connectivity index (χ4v) is 3.02. The van der Waals surface area contributed by atoms with Crippen molar-refractivity contribution in [1.82, 2.24) is 0 Å². The van der Waals surface area contributed by atoms with Crippen LogP contribution in [0.4, 0.5) is 0 Å². The molecule has 0 aromatic heterocycles. The molecule has 0 fully saturated rings. The fourth-order valence-electron chi connectivity index (χ4n) is 2.18. The first-order valence-corrected chi connectivity index (χ1v) is 8.88. The van der Waals surface area contributed by atoms with Gasteiger partial charge in [0.25, 0.3) is 0 Å². The lowest BCUT2D eigenvalue weighted by Crippen LogP contribution is -2.11. The third-order valence-corrected chi connectivity index (χ3v) is 4.16. The SMILES string of the molecule is CC(=O)Oc1ccc(OC(C)=O)c(POCCCc2ccccc2)c1. The zero-order valence-electron chi connectivity index (χ0n) is 14.3. The van der Waals surface area contributed by atoms with E-state index in [0.29, 0.717) is 23.4 Å². The molecule has 1 unspecified atom stereocenters. The Bertz CT molecular complexity index is 715. The Balaban J connectivity index is 1.91. The molecule has 2 aromatic carbocycles. The van der Waals surface area contributed by atoms with E-state index in [0.717, 1.165) is 12.8 Å². The number of rotatable bonds is 8. The lowest BCUT2D eigenvalue weighted by molar-refractivity contribution is -0.133. The van der Waals surface area contributed by atoms with E-state index in [1.54, 1.807) is 18.2 Å². The van der Waals surface area contributed by atoms with Crippen molar-refractivity contribution in [2.24, 2.45) is 0 Å². The number of esters is 2. The van der Waals surface area contributed by atoms with E-state index in [2.05, 4.69) is 12.1 Å². The first-order chi connectivity index (χ1) is 12.0. The van der Waals surface area contributed by atoms with Crippen molar-refractivity contribution >= 4 is 26.1 Å². The Kier molecular flexibility index (Phi) is 7.58. The zero-order chi connectivity index (χ0) is 18.1. The largest absolute Gasteiger partial charge is 0.427 e. The van der Waals surface area contributed by atoms with Crippen molar-refractivity contribution in [1.29, 1.82) is 0 Å². The van der Waals surface area contributed by atoms with Crippen molar-refractivity contribution in [2.45, 2.75) is 26.7 Å². The predicted molar refractivity (Wildman–Crippen MR) is 97.7 cm³/mol. The summed E-state index contributed by atoms with van der Waals surface area (Å²) < 4.78 is 16.0. The summed E-state index contributed by atoms with van der Waals surface area (Å²) >= 11 is 0. The maximum absolute atomic E-state index is 11.2. The molecule has 0 saturated carbocycles. The van der Waals surface area contributed by atoms with E-state index in [1.807, 2.05) is 18.2 Å². The molecule has 0 radical (unpaired) electrons. The zero-order valence-corrected chi connectivity index (χ0v) is 15.3. The number of benzene rings is 2. The van der Waals surface area contributed by atoms with Crippen LogP contribution in [-0.4, -0.2) is 18.5 Å². The highest BCUT2D eigenvalue weighted by atomic mass is 31.1. The smallest absolute Gasteiger partial charge is 0.308 e. The first-order valence-electron chi connectivity index (χ1n) is 7.97. The van der Waals surface area contributed by atoms with Gasteiger partial charge in [0.2, 0.25) is 0 Å². The molecule has 2 rings (SSSR count). The molecule has 2 aromatic rings. The average Bonchev–Trinajstić information content (AvgIpc) is 2.57. The number of hydrogen-bond donors (Lipinski definition) is 0. The second kappa shape index (κ2) is 9.92. The van der Waals surface area contributed by atoms with Crippen LogP contribution in [-0.2, 0) is 20.5 Å². The van der Waals surface area contributed by atoms with E-state index in [4.69, 9.17) is 14.0 Å². The van der Waals surface area contributed by atoms with Crippen molar-refractivity contribution < 1.29 is 23.6 Å². The van der Waals surface area contributed by atoms with E-state index < -0.39 is 11.9 Å². The van der Waals surface area contributed by atoms with Gasteiger partial charge in [-0.15, -0.1) is 0 Å². The topological polar surface area (TPSA) is 61.8 Å². The van der Waals surface area contributed by atoms with Crippen LogP contribution < -0.4 is 14.8 Å². The summed E-state index contributed by atoms with van der Waals surface area (Å²) in [4.78, 5) is 22.3. The molecule has 0 saturated heterocycles. The van der Waals surface area contributed by atoms with Crippen LogP contribution in [0.1, 0.15) is 25.8 Å². The third-order valence-electron chi connectivity index (χ3n) is 3.20. The van der Waals surface area contributed by atoms with Gasteiger partial charge in [0, 0.05) is 28.0 Å². The van der Waals surface area contributed by atoms with Crippen molar-refractivity contribution in [3.63, 3.8) is 0 Å². The lowest BCUT2D eigenvalue weighted by Gasteiger charge is -2.11. The van der Waals surface area contributed by atoms with E-state index in [1.165, 1.54) is 19.4 Å². The molecule has 5 nitrogen and oxygen atoms in total. The quantitative estimate of drug-likeness (QED) is 0.312. The summed E-state index contributed by atoms with van der Waals surface area (Å²) in [6.45, 7) is 3.26. The summed E-state index contributed by atoms with van der Waals surface area (Å²) in [5.41, 5.74) is 1.27. The van der Waals surface area contributed by atoms with Crippen molar-refractivity contribution in [3.8, 4) is 11.5 Å². The van der Waals surface area contributed by atoms with Gasteiger partial charge in [-0.3, -0.25) is 9.59 Å². The molecule has 1 atom stereocenters. The van der Waals surface area contributed by atoms with Gasteiger partial charge in [-0.1, -0.05) is 30.3 Å². The number of ether oxygens (including phenoxy) is 2. The van der Waals surface area contributed by atoms with Gasteiger partial charge in [0.15, 0.2) is 0 Å². The molecular formula is C19H21O5P. The Morgan fingerprint density at radius 1 is 0.960 bits per heavy atom. The molecule has 0 heterocycles. The minimum absolute atomic E-state index is 0.00517. The molecule has 6 heteroatoms. The van der Waals surface area contributed by atoms with Gasteiger partial charge in [-0.05, 0) is 36.6 Å². The minimum Gasteiger partial charge on any atom is -0.427 e.